The molecule has 1 aliphatic carbocycles. The standard InChI is InChI=1S/C23H28O3/c1-5-6-7-21(25)26-18-12-13-19-20(14-18)23(4,15-22(19,2)3)16-8-10-17(24)11-9-16/h8-14,24H,5-7,15H2,1-4H3. The molecule has 2 aromatic rings. The third kappa shape index (κ3) is 3.35. The Hall–Kier alpha value is -2.29. The lowest BCUT2D eigenvalue weighted by Gasteiger charge is -2.28. The summed E-state index contributed by atoms with van der Waals surface area (Å²) < 4.78 is 5.58. The van der Waals surface area contributed by atoms with Crippen molar-refractivity contribution in [1.82, 2.24) is 0 Å². The molecule has 0 saturated carbocycles. The maximum Gasteiger partial charge on any atom is 0.311 e. The Labute approximate surface area is 156 Å². The quantitative estimate of drug-likeness (QED) is 0.573. The monoisotopic (exact) mass is 352 g/mol. The van der Waals surface area contributed by atoms with Crippen molar-refractivity contribution in [3.8, 4) is 11.5 Å². The third-order valence-electron chi connectivity index (χ3n) is 5.58. The molecule has 1 atom stereocenters. The maximum atomic E-state index is 12.0. The van der Waals surface area contributed by atoms with Gasteiger partial charge in [-0.25, -0.2) is 0 Å². The number of esters is 1. The molecule has 3 nitrogen and oxygen atoms in total. The molecule has 1 N–H and O–H groups in total. The van der Waals surface area contributed by atoms with Crippen LogP contribution >= 0.6 is 0 Å². The summed E-state index contributed by atoms with van der Waals surface area (Å²) in [6.45, 7) is 8.80. The molecule has 3 heteroatoms. The van der Waals surface area contributed by atoms with E-state index in [-0.39, 0.29) is 22.5 Å². The number of carbonyl (C=O) groups is 1. The number of fused-ring (bicyclic) bond motifs is 1. The zero-order valence-corrected chi connectivity index (χ0v) is 16.1. The number of rotatable bonds is 5. The van der Waals surface area contributed by atoms with Crippen LogP contribution in [0.3, 0.4) is 0 Å². The van der Waals surface area contributed by atoms with E-state index in [0.717, 1.165) is 24.8 Å². The summed E-state index contributed by atoms with van der Waals surface area (Å²) in [5, 5.41) is 9.64. The largest absolute Gasteiger partial charge is 0.508 e. The van der Waals surface area contributed by atoms with Crippen molar-refractivity contribution >= 4 is 5.97 Å². The van der Waals surface area contributed by atoms with Gasteiger partial charge >= 0.3 is 5.97 Å². The van der Waals surface area contributed by atoms with E-state index in [1.807, 2.05) is 24.3 Å². The minimum atomic E-state index is -0.182. The molecular weight excluding hydrogens is 324 g/mol. The van der Waals surface area contributed by atoms with E-state index >= 15 is 0 Å². The highest BCUT2D eigenvalue weighted by molar-refractivity contribution is 5.72. The van der Waals surface area contributed by atoms with E-state index < -0.39 is 0 Å². The molecule has 1 aliphatic rings. The molecule has 0 amide bonds. The normalized spacial score (nSPS) is 20.6. The Kier molecular flexibility index (Phi) is 4.83. The molecule has 0 bridgehead atoms. The summed E-state index contributed by atoms with van der Waals surface area (Å²) in [6.07, 6.45) is 3.25. The van der Waals surface area contributed by atoms with Gasteiger partial charge in [0, 0.05) is 11.8 Å². The lowest BCUT2D eigenvalue weighted by molar-refractivity contribution is -0.134. The Balaban J connectivity index is 1.99. The summed E-state index contributed by atoms with van der Waals surface area (Å²) in [7, 11) is 0. The van der Waals surface area contributed by atoms with Gasteiger partial charge in [-0.15, -0.1) is 0 Å². The first-order valence-electron chi connectivity index (χ1n) is 9.41. The second-order valence-electron chi connectivity index (χ2n) is 8.22. The van der Waals surface area contributed by atoms with Crippen LogP contribution in [-0.2, 0) is 15.6 Å². The number of phenolic OH excluding ortho intramolecular Hbond substituents is 1. The number of unbranched alkanes of at least 4 members (excludes halogenated alkanes) is 1. The molecule has 0 radical (unpaired) electrons. The molecule has 0 aliphatic heterocycles. The number of hydrogen-bond donors (Lipinski definition) is 1. The molecule has 0 saturated heterocycles. The number of aromatic hydroxyl groups is 1. The number of phenols is 1. The van der Waals surface area contributed by atoms with Crippen LogP contribution in [0, 0.1) is 0 Å². The first-order chi connectivity index (χ1) is 12.3. The average Bonchev–Trinajstić information content (AvgIpc) is 2.80. The Morgan fingerprint density at radius 1 is 1.08 bits per heavy atom. The van der Waals surface area contributed by atoms with Crippen molar-refractivity contribution in [1.29, 1.82) is 0 Å². The predicted octanol–water partition coefficient (Wildman–Crippen LogP) is 5.48. The zero-order chi connectivity index (χ0) is 18.9. The van der Waals surface area contributed by atoms with Crippen LogP contribution in [0.15, 0.2) is 42.5 Å². The molecule has 0 heterocycles. The van der Waals surface area contributed by atoms with Gasteiger partial charge < -0.3 is 9.84 Å². The van der Waals surface area contributed by atoms with Crippen molar-refractivity contribution in [2.75, 3.05) is 0 Å². The molecule has 0 fully saturated rings. The predicted molar refractivity (Wildman–Crippen MR) is 104 cm³/mol. The second kappa shape index (κ2) is 6.79. The maximum absolute atomic E-state index is 12.0. The van der Waals surface area contributed by atoms with Crippen LogP contribution in [0.1, 0.15) is 70.1 Å². The Morgan fingerprint density at radius 2 is 1.77 bits per heavy atom. The third-order valence-corrected chi connectivity index (χ3v) is 5.58. The van der Waals surface area contributed by atoms with Crippen LogP contribution in [0.4, 0.5) is 0 Å². The van der Waals surface area contributed by atoms with Crippen molar-refractivity contribution < 1.29 is 14.6 Å². The smallest absolute Gasteiger partial charge is 0.311 e. The minimum Gasteiger partial charge on any atom is -0.508 e. The highest BCUT2D eigenvalue weighted by Crippen LogP contribution is 2.53. The summed E-state index contributed by atoms with van der Waals surface area (Å²) in [6, 6.07) is 13.5. The van der Waals surface area contributed by atoms with Crippen LogP contribution in [0.5, 0.6) is 11.5 Å². The number of hydrogen-bond acceptors (Lipinski definition) is 3. The molecule has 138 valence electrons. The van der Waals surface area contributed by atoms with Gasteiger partial charge in [-0.3, -0.25) is 4.79 Å². The van der Waals surface area contributed by atoms with Gasteiger partial charge in [0.05, 0.1) is 0 Å². The summed E-state index contributed by atoms with van der Waals surface area (Å²) >= 11 is 0. The van der Waals surface area contributed by atoms with E-state index in [4.69, 9.17) is 4.74 Å². The lowest BCUT2D eigenvalue weighted by atomic mass is 9.75. The van der Waals surface area contributed by atoms with Crippen molar-refractivity contribution in [3.05, 3.63) is 59.2 Å². The summed E-state index contributed by atoms with van der Waals surface area (Å²) in [5.74, 6) is 0.719. The fourth-order valence-corrected chi connectivity index (χ4v) is 4.30. The van der Waals surface area contributed by atoms with E-state index in [2.05, 4.69) is 33.8 Å². The van der Waals surface area contributed by atoms with Gasteiger partial charge in [-0.05, 0) is 59.2 Å². The molecule has 0 aromatic heterocycles. The van der Waals surface area contributed by atoms with Gasteiger partial charge in [0.15, 0.2) is 0 Å². The van der Waals surface area contributed by atoms with E-state index in [9.17, 15) is 9.90 Å². The van der Waals surface area contributed by atoms with Crippen molar-refractivity contribution in [3.63, 3.8) is 0 Å². The lowest BCUT2D eigenvalue weighted by Crippen LogP contribution is -2.23. The molecular formula is C23H28O3. The van der Waals surface area contributed by atoms with Gasteiger partial charge in [0.1, 0.15) is 11.5 Å². The molecule has 3 rings (SSSR count). The second-order valence-corrected chi connectivity index (χ2v) is 8.22. The fourth-order valence-electron chi connectivity index (χ4n) is 4.30. The molecule has 0 spiro atoms. The first kappa shape index (κ1) is 18.5. The van der Waals surface area contributed by atoms with Crippen LogP contribution in [0.2, 0.25) is 0 Å². The van der Waals surface area contributed by atoms with E-state index in [1.165, 1.54) is 11.1 Å². The van der Waals surface area contributed by atoms with Gasteiger partial charge in [-0.1, -0.05) is 52.3 Å². The van der Waals surface area contributed by atoms with Crippen molar-refractivity contribution in [2.45, 2.75) is 64.2 Å². The number of ether oxygens (including phenoxy) is 1. The Morgan fingerprint density at radius 3 is 2.42 bits per heavy atom. The van der Waals surface area contributed by atoms with E-state index in [1.54, 1.807) is 12.1 Å². The SMILES string of the molecule is CCCCC(=O)Oc1ccc2c(c1)C(C)(c1ccc(O)cc1)CC2(C)C. The fraction of sp³-hybridized carbons (Fsp3) is 0.435. The highest BCUT2D eigenvalue weighted by atomic mass is 16.5. The molecule has 2 aromatic carbocycles. The number of carbonyl (C=O) groups excluding carboxylic acids is 1. The van der Waals surface area contributed by atoms with Gasteiger partial charge in [0.2, 0.25) is 0 Å². The van der Waals surface area contributed by atoms with E-state index in [0.29, 0.717) is 12.2 Å². The van der Waals surface area contributed by atoms with Crippen LogP contribution in [-0.4, -0.2) is 11.1 Å². The molecule has 1 unspecified atom stereocenters. The van der Waals surface area contributed by atoms with Crippen LogP contribution < -0.4 is 4.74 Å². The van der Waals surface area contributed by atoms with Crippen molar-refractivity contribution in [2.24, 2.45) is 0 Å². The minimum absolute atomic E-state index is 0.0344. The van der Waals surface area contributed by atoms with Crippen LogP contribution in [0.25, 0.3) is 0 Å². The first-order valence-corrected chi connectivity index (χ1v) is 9.41. The molecule has 26 heavy (non-hydrogen) atoms. The average molecular weight is 352 g/mol. The number of benzene rings is 2. The topological polar surface area (TPSA) is 46.5 Å². The summed E-state index contributed by atoms with van der Waals surface area (Å²) in [5.41, 5.74) is 3.51. The Bertz CT molecular complexity index is 805. The highest BCUT2D eigenvalue weighted by Gasteiger charge is 2.45. The summed E-state index contributed by atoms with van der Waals surface area (Å²) in [4.78, 5) is 12.0. The van der Waals surface area contributed by atoms with Gasteiger partial charge in [0.25, 0.3) is 0 Å². The van der Waals surface area contributed by atoms with Gasteiger partial charge in [-0.2, -0.15) is 0 Å². The zero-order valence-electron chi connectivity index (χ0n) is 16.1.